The number of carboxylic acids is 1. The van der Waals surface area contributed by atoms with Crippen LogP contribution in [-0.4, -0.2) is 46.9 Å². The molecular weight excluding hydrogens is 560 g/mol. The maximum Gasteiger partial charge on any atom is 0.328 e. The van der Waals surface area contributed by atoms with Crippen LogP contribution in [0.3, 0.4) is 0 Å². The number of hydrogen-bond acceptors (Lipinski definition) is 5. The van der Waals surface area contributed by atoms with E-state index in [0.717, 1.165) is 33.7 Å². The molecule has 40 heavy (non-hydrogen) atoms. The third-order valence-corrected chi connectivity index (χ3v) is 7.51. The summed E-state index contributed by atoms with van der Waals surface area (Å²) in [7, 11) is 0. The lowest BCUT2D eigenvalue weighted by Crippen LogP contribution is -2.48. The summed E-state index contributed by atoms with van der Waals surface area (Å²) in [6.45, 7) is 1.51. The molecule has 0 bridgehead atoms. The summed E-state index contributed by atoms with van der Waals surface area (Å²) < 4.78 is 18.9. The second kappa shape index (κ2) is 11.7. The fourth-order valence-electron chi connectivity index (χ4n) is 4.77. The van der Waals surface area contributed by atoms with Crippen LogP contribution in [0.4, 0.5) is 4.39 Å². The number of furan rings is 1. The van der Waals surface area contributed by atoms with Gasteiger partial charge in [-0.25, -0.2) is 9.18 Å². The zero-order valence-corrected chi connectivity index (χ0v) is 22.6. The van der Waals surface area contributed by atoms with Crippen molar-refractivity contribution in [3.05, 3.63) is 105 Å². The Morgan fingerprint density at radius 3 is 2.67 bits per heavy atom. The Bertz CT molecular complexity index is 1620. The molecule has 1 aliphatic rings. The van der Waals surface area contributed by atoms with Gasteiger partial charge in [-0.05, 0) is 59.5 Å². The van der Waals surface area contributed by atoms with Crippen molar-refractivity contribution in [2.45, 2.75) is 25.6 Å². The van der Waals surface area contributed by atoms with Crippen LogP contribution in [0.25, 0.3) is 11.0 Å². The van der Waals surface area contributed by atoms with Gasteiger partial charge in [0.2, 0.25) is 0 Å². The van der Waals surface area contributed by atoms with Gasteiger partial charge in [0.1, 0.15) is 17.4 Å². The molecular formula is C29H24Cl2FN3O5. The van der Waals surface area contributed by atoms with Crippen LogP contribution in [0.1, 0.15) is 37.4 Å². The fraction of sp³-hybridized carbons (Fsp3) is 0.207. The molecule has 3 N–H and O–H groups in total. The largest absolute Gasteiger partial charge is 0.480 e. The van der Waals surface area contributed by atoms with E-state index >= 15 is 0 Å². The summed E-state index contributed by atoms with van der Waals surface area (Å²) in [5, 5.41) is 15.7. The average molecular weight is 584 g/mol. The average Bonchev–Trinajstić information content (AvgIpc) is 3.38. The fourth-order valence-corrected chi connectivity index (χ4v) is 5.53. The molecule has 0 radical (unpaired) electrons. The Morgan fingerprint density at radius 1 is 1.07 bits per heavy atom. The van der Waals surface area contributed by atoms with E-state index in [0.29, 0.717) is 26.1 Å². The first kappa shape index (κ1) is 27.6. The summed E-state index contributed by atoms with van der Waals surface area (Å²) in [6, 6.07) is 13.2. The zero-order chi connectivity index (χ0) is 28.4. The van der Waals surface area contributed by atoms with Crippen molar-refractivity contribution in [1.29, 1.82) is 0 Å². The van der Waals surface area contributed by atoms with Crippen LogP contribution < -0.4 is 10.6 Å². The van der Waals surface area contributed by atoms with Crippen molar-refractivity contribution in [3.8, 4) is 0 Å². The SMILES string of the molecule is O=C(NC[C@H](NC(=O)c1c(Cl)cc2c(c1Cl)CCN(Cc1ccc3ccoc3c1)C2)C(=O)O)c1cccc(F)c1. The first-order valence-corrected chi connectivity index (χ1v) is 13.2. The molecule has 3 aromatic carbocycles. The number of rotatable bonds is 8. The van der Waals surface area contributed by atoms with Crippen LogP contribution in [0.2, 0.25) is 10.0 Å². The molecule has 8 nitrogen and oxygen atoms in total. The summed E-state index contributed by atoms with van der Waals surface area (Å²) >= 11 is 13.1. The third-order valence-electron chi connectivity index (χ3n) is 6.79. The van der Waals surface area contributed by atoms with Crippen molar-refractivity contribution < 1.29 is 28.3 Å². The Labute approximate surface area is 238 Å². The Morgan fingerprint density at radius 2 is 1.90 bits per heavy atom. The molecule has 2 amide bonds. The zero-order valence-electron chi connectivity index (χ0n) is 21.0. The van der Waals surface area contributed by atoms with Crippen molar-refractivity contribution in [2.75, 3.05) is 13.1 Å². The highest BCUT2D eigenvalue weighted by Crippen LogP contribution is 2.35. The number of benzene rings is 3. The lowest BCUT2D eigenvalue weighted by molar-refractivity contribution is -0.139. The summed E-state index contributed by atoms with van der Waals surface area (Å²) in [6.07, 6.45) is 2.23. The van der Waals surface area contributed by atoms with Gasteiger partial charge in [0.15, 0.2) is 0 Å². The standard InChI is InChI=1S/C29H24Cl2FN3O5/c30-22-12-19-15-35(14-16-4-5-17-7-9-40-24(17)10-16)8-6-21(19)26(31)25(22)28(37)34-23(29(38)39)13-33-27(36)18-2-1-3-20(32)11-18/h1-5,7,9-12,23H,6,8,13-15H2,(H,33,36)(H,34,37)(H,38,39)/t23-/m0/s1. The van der Waals surface area contributed by atoms with Crippen molar-refractivity contribution in [1.82, 2.24) is 15.5 Å². The van der Waals surface area contributed by atoms with Gasteiger partial charge in [-0.3, -0.25) is 14.5 Å². The van der Waals surface area contributed by atoms with Crippen LogP contribution in [-0.2, 0) is 24.3 Å². The van der Waals surface area contributed by atoms with Gasteiger partial charge in [-0.1, -0.05) is 41.4 Å². The van der Waals surface area contributed by atoms with E-state index in [2.05, 4.69) is 21.6 Å². The monoisotopic (exact) mass is 583 g/mol. The predicted octanol–water partition coefficient (Wildman–Crippen LogP) is 5.05. The number of aliphatic carboxylic acids is 1. The number of fused-ring (bicyclic) bond motifs is 2. The molecule has 0 aliphatic carbocycles. The minimum absolute atomic E-state index is 0.0202. The molecule has 1 aromatic heterocycles. The molecule has 1 atom stereocenters. The topological polar surface area (TPSA) is 112 Å². The van der Waals surface area contributed by atoms with E-state index in [4.69, 9.17) is 27.6 Å². The van der Waals surface area contributed by atoms with Crippen molar-refractivity contribution in [2.24, 2.45) is 0 Å². The number of carboxylic acid groups (broad SMARTS) is 1. The first-order chi connectivity index (χ1) is 19.2. The molecule has 11 heteroatoms. The van der Waals surface area contributed by atoms with Gasteiger partial charge >= 0.3 is 5.97 Å². The van der Waals surface area contributed by atoms with E-state index in [9.17, 15) is 23.9 Å². The number of carbonyl (C=O) groups excluding carboxylic acids is 2. The molecule has 0 fully saturated rings. The van der Waals surface area contributed by atoms with Crippen LogP contribution in [0.5, 0.6) is 0 Å². The lowest BCUT2D eigenvalue weighted by atomic mass is 9.96. The molecule has 206 valence electrons. The number of halogens is 3. The van der Waals surface area contributed by atoms with Gasteiger partial charge in [-0.15, -0.1) is 0 Å². The Balaban J connectivity index is 1.26. The molecule has 4 aromatic rings. The molecule has 0 spiro atoms. The first-order valence-electron chi connectivity index (χ1n) is 12.5. The normalized spacial score (nSPS) is 14.0. The maximum absolute atomic E-state index is 13.4. The molecule has 1 aliphatic heterocycles. The van der Waals surface area contributed by atoms with E-state index in [1.54, 1.807) is 12.3 Å². The van der Waals surface area contributed by atoms with Crippen LogP contribution in [0.15, 0.2) is 65.3 Å². The van der Waals surface area contributed by atoms with Crippen molar-refractivity contribution in [3.63, 3.8) is 0 Å². The molecule has 5 rings (SSSR count). The quantitative estimate of drug-likeness (QED) is 0.267. The highest BCUT2D eigenvalue weighted by atomic mass is 35.5. The molecule has 0 unspecified atom stereocenters. The van der Waals surface area contributed by atoms with Crippen LogP contribution in [0, 0.1) is 5.82 Å². The second-order valence-corrected chi connectivity index (χ2v) is 10.3. The molecule has 0 saturated heterocycles. The van der Waals surface area contributed by atoms with E-state index in [-0.39, 0.29) is 21.2 Å². The highest BCUT2D eigenvalue weighted by Gasteiger charge is 2.28. The van der Waals surface area contributed by atoms with Gasteiger partial charge < -0.3 is 20.2 Å². The van der Waals surface area contributed by atoms with Crippen molar-refractivity contribution >= 4 is 52.0 Å². The second-order valence-electron chi connectivity index (χ2n) is 9.52. The summed E-state index contributed by atoms with van der Waals surface area (Å²) in [5.74, 6) is -3.44. The number of hydrogen-bond donors (Lipinski definition) is 3. The minimum atomic E-state index is -1.48. The summed E-state index contributed by atoms with van der Waals surface area (Å²) in [4.78, 5) is 39.5. The van der Waals surface area contributed by atoms with Gasteiger partial charge in [0.05, 0.1) is 21.9 Å². The summed E-state index contributed by atoms with van der Waals surface area (Å²) in [5.41, 5.74) is 3.58. The van der Waals surface area contributed by atoms with Gasteiger partial charge in [0.25, 0.3) is 11.8 Å². The maximum atomic E-state index is 13.4. The predicted molar refractivity (Wildman–Crippen MR) is 148 cm³/mol. The number of nitrogens with one attached hydrogen (secondary N) is 2. The van der Waals surface area contributed by atoms with Crippen LogP contribution >= 0.6 is 23.2 Å². The van der Waals surface area contributed by atoms with Gasteiger partial charge in [0, 0.05) is 37.1 Å². The van der Waals surface area contributed by atoms with E-state index < -0.39 is 36.2 Å². The number of carbonyl (C=O) groups is 3. The number of amides is 2. The number of nitrogens with zero attached hydrogens (tertiary/aromatic N) is 1. The Hall–Kier alpha value is -3.92. The molecule has 2 heterocycles. The highest BCUT2D eigenvalue weighted by molar-refractivity contribution is 6.40. The third kappa shape index (κ3) is 5.96. The van der Waals surface area contributed by atoms with E-state index in [1.165, 1.54) is 18.2 Å². The lowest BCUT2D eigenvalue weighted by Gasteiger charge is -2.30. The molecule has 0 saturated carbocycles. The Kier molecular flexibility index (Phi) is 8.07. The minimum Gasteiger partial charge on any atom is -0.480 e. The smallest absolute Gasteiger partial charge is 0.328 e. The van der Waals surface area contributed by atoms with Gasteiger partial charge in [-0.2, -0.15) is 0 Å². The van der Waals surface area contributed by atoms with E-state index in [1.807, 2.05) is 18.2 Å².